The van der Waals surface area contributed by atoms with Crippen molar-refractivity contribution in [1.29, 1.82) is 0 Å². The van der Waals surface area contributed by atoms with Gasteiger partial charge in [0.15, 0.2) is 0 Å². The standard InChI is InChI=1S/C64H46N2/c1-3-19-47(20-4-1)56-28-9-10-31-60(56)64-57(48-21-5-2-6-22-48)32-17-35-63(64)65(54-26-16-25-51(44-54)52-37-36-45-18-7-8-23-49(45)42-52)53-40-38-46(39-41-53)50-24-15-27-55(43-50)66-61-33-13-11-29-58(61)59-30-12-14-34-62(59)66/h1-44,63-64H. The van der Waals surface area contributed by atoms with Crippen LogP contribution in [0.4, 0.5) is 11.4 Å². The quantitative estimate of drug-likeness (QED) is 0.141. The maximum absolute atomic E-state index is 2.57. The molecule has 0 spiro atoms. The highest BCUT2D eigenvalue weighted by atomic mass is 15.2. The molecule has 11 aromatic rings. The number of rotatable bonds is 9. The highest BCUT2D eigenvalue weighted by Gasteiger charge is 2.35. The average molecular weight is 843 g/mol. The first kappa shape index (κ1) is 39.2. The molecule has 66 heavy (non-hydrogen) atoms. The molecule has 1 aromatic heterocycles. The van der Waals surface area contributed by atoms with E-state index in [4.69, 9.17) is 0 Å². The van der Waals surface area contributed by atoms with Crippen LogP contribution < -0.4 is 4.90 Å². The minimum atomic E-state index is -0.0774. The second-order valence-corrected chi connectivity index (χ2v) is 17.2. The Balaban J connectivity index is 1.01. The highest BCUT2D eigenvalue weighted by Crippen LogP contribution is 2.47. The first-order valence-corrected chi connectivity index (χ1v) is 22.9. The number of anilines is 2. The van der Waals surface area contributed by atoms with Crippen molar-refractivity contribution < 1.29 is 0 Å². The van der Waals surface area contributed by atoms with Gasteiger partial charge in [0, 0.05) is 33.8 Å². The van der Waals surface area contributed by atoms with E-state index in [-0.39, 0.29) is 12.0 Å². The summed E-state index contributed by atoms with van der Waals surface area (Å²) < 4.78 is 2.40. The predicted octanol–water partition coefficient (Wildman–Crippen LogP) is 16.9. The first-order valence-electron chi connectivity index (χ1n) is 22.9. The lowest BCUT2D eigenvalue weighted by Crippen LogP contribution is -2.37. The SMILES string of the molecule is C1=CC(N(c2ccc(-c3cccc(-n4c5ccccc5c5ccccc54)c3)cc2)c2cccc(-c3ccc4ccccc4c3)c2)C(c2ccccc2-c2ccccc2)C(c2ccccc2)=C1. The molecule has 1 aliphatic rings. The van der Waals surface area contributed by atoms with Gasteiger partial charge in [0.1, 0.15) is 0 Å². The van der Waals surface area contributed by atoms with Crippen LogP contribution in [0.2, 0.25) is 0 Å². The number of para-hydroxylation sites is 2. The molecule has 0 N–H and O–H groups in total. The summed E-state index contributed by atoms with van der Waals surface area (Å²) in [4.78, 5) is 2.57. The zero-order valence-corrected chi connectivity index (χ0v) is 36.5. The van der Waals surface area contributed by atoms with Gasteiger partial charge in [0.05, 0.1) is 17.1 Å². The Kier molecular flexibility index (Phi) is 10.0. The molecular weight excluding hydrogens is 797 g/mol. The van der Waals surface area contributed by atoms with Crippen LogP contribution in [0.5, 0.6) is 0 Å². The van der Waals surface area contributed by atoms with E-state index < -0.39 is 0 Å². The van der Waals surface area contributed by atoms with Gasteiger partial charge in [0.2, 0.25) is 0 Å². The molecule has 1 heterocycles. The smallest absolute Gasteiger partial charge is 0.0635 e. The fraction of sp³-hybridized carbons (Fsp3) is 0.0312. The molecule has 0 aliphatic heterocycles. The van der Waals surface area contributed by atoms with Crippen molar-refractivity contribution in [2.75, 3.05) is 4.90 Å². The van der Waals surface area contributed by atoms with Crippen molar-refractivity contribution in [3.05, 3.63) is 278 Å². The summed E-state index contributed by atoms with van der Waals surface area (Å²) in [7, 11) is 0. The lowest BCUT2D eigenvalue weighted by molar-refractivity contribution is 0.705. The Morgan fingerprint density at radius 3 is 1.70 bits per heavy atom. The molecule has 2 heteroatoms. The maximum Gasteiger partial charge on any atom is 0.0635 e. The number of nitrogens with zero attached hydrogens (tertiary/aromatic N) is 2. The zero-order valence-electron chi connectivity index (χ0n) is 36.5. The Morgan fingerprint density at radius 2 is 0.939 bits per heavy atom. The molecule has 2 atom stereocenters. The van der Waals surface area contributed by atoms with E-state index in [9.17, 15) is 0 Å². The van der Waals surface area contributed by atoms with Gasteiger partial charge in [-0.05, 0) is 115 Å². The van der Waals surface area contributed by atoms with E-state index in [1.165, 1.54) is 82.7 Å². The van der Waals surface area contributed by atoms with Crippen molar-refractivity contribution in [2.45, 2.75) is 12.0 Å². The molecule has 312 valence electrons. The Bertz CT molecular complexity index is 3540. The Hall–Kier alpha value is -8.46. The fourth-order valence-corrected chi connectivity index (χ4v) is 10.4. The Morgan fingerprint density at radius 1 is 0.364 bits per heavy atom. The third kappa shape index (κ3) is 7.10. The largest absolute Gasteiger partial charge is 0.334 e. The summed E-state index contributed by atoms with van der Waals surface area (Å²) in [6.07, 6.45) is 7.00. The van der Waals surface area contributed by atoms with Gasteiger partial charge in [-0.15, -0.1) is 0 Å². The van der Waals surface area contributed by atoms with E-state index in [1.807, 2.05) is 0 Å². The zero-order chi connectivity index (χ0) is 43.8. The van der Waals surface area contributed by atoms with E-state index in [0.717, 1.165) is 17.1 Å². The van der Waals surface area contributed by atoms with Gasteiger partial charge in [-0.2, -0.15) is 0 Å². The van der Waals surface area contributed by atoms with Gasteiger partial charge < -0.3 is 9.47 Å². The van der Waals surface area contributed by atoms with Gasteiger partial charge in [-0.25, -0.2) is 0 Å². The molecule has 0 bridgehead atoms. The lowest BCUT2D eigenvalue weighted by Gasteiger charge is -2.41. The number of aromatic nitrogens is 1. The first-order chi connectivity index (χ1) is 32.7. The molecular formula is C64H46N2. The fourth-order valence-electron chi connectivity index (χ4n) is 10.4. The highest BCUT2D eigenvalue weighted by molar-refractivity contribution is 6.09. The summed E-state index contributed by atoms with van der Waals surface area (Å²) in [6, 6.07) is 90.9. The van der Waals surface area contributed by atoms with Crippen molar-refractivity contribution in [2.24, 2.45) is 0 Å². The van der Waals surface area contributed by atoms with E-state index in [2.05, 4.69) is 276 Å². The molecule has 0 fully saturated rings. The summed E-state index contributed by atoms with van der Waals surface area (Å²) in [6.45, 7) is 0. The van der Waals surface area contributed by atoms with Crippen molar-refractivity contribution in [3.8, 4) is 39.1 Å². The second-order valence-electron chi connectivity index (χ2n) is 17.2. The van der Waals surface area contributed by atoms with Crippen LogP contribution in [0.1, 0.15) is 17.0 Å². The number of allylic oxidation sites excluding steroid dienone is 2. The van der Waals surface area contributed by atoms with Crippen LogP contribution in [0, 0.1) is 0 Å². The molecule has 12 rings (SSSR count). The Labute approximate surface area is 386 Å². The topological polar surface area (TPSA) is 8.17 Å². The second kappa shape index (κ2) is 16.9. The van der Waals surface area contributed by atoms with Crippen molar-refractivity contribution in [3.63, 3.8) is 0 Å². The number of hydrogen-bond acceptors (Lipinski definition) is 1. The van der Waals surface area contributed by atoms with Crippen LogP contribution >= 0.6 is 0 Å². The van der Waals surface area contributed by atoms with Crippen LogP contribution in [0.25, 0.3) is 77.2 Å². The molecule has 1 aliphatic carbocycles. The monoisotopic (exact) mass is 842 g/mol. The third-order valence-electron chi connectivity index (χ3n) is 13.4. The van der Waals surface area contributed by atoms with Crippen LogP contribution in [0.3, 0.4) is 0 Å². The summed E-state index contributed by atoms with van der Waals surface area (Å²) in [5.74, 6) is -0.0132. The predicted molar refractivity (Wildman–Crippen MR) is 280 cm³/mol. The van der Waals surface area contributed by atoms with E-state index in [1.54, 1.807) is 0 Å². The number of fused-ring (bicyclic) bond motifs is 4. The van der Waals surface area contributed by atoms with Crippen LogP contribution in [0.15, 0.2) is 267 Å². The van der Waals surface area contributed by atoms with Gasteiger partial charge >= 0.3 is 0 Å². The van der Waals surface area contributed by atoms with Gasteiger partial charge in [0.25, 0.3) is 0 Å². The maximum atomic E-state index is 2.57. The summed E-state index contributed by atoms with van der Waals surface area (Å²) in [5, 5.41) is 5.01. The average Bonchev–Trinajstić information content (AvgIpc) is 3.74. The van der Waals surface area contributed by atoms with Crippen molar-refractivity contribution in [1.82, 2.24) is 4.57 Å². The number of hydrogen-bond donors (Lipinski definition) is 0. The summed E-state index contributed by atoms with van der Waals surface area (Å²) >= 11 is 0. The minimum Gasteiger partial charge on any atom is -0.334 e. The molecule has 2 nitrogen and oxygen atoms in total. The molecule has 2 unspecified atom stereocenters. The van der Waals surface area contributed by atoms with E-state index >= 15 is 0 Å². The van der Waals surface area contributed by atoms with Gasteiger partial charge in [-0.3, -0.25) is 0 Å². The molecule has 10 aromatic carbocycles. The lowest BCUT2D eigenvalue weighted by atomic mass is 9.75. The van der Waals surface area contributed by atoms with Crippen LogP contribution in [-0.2, 0) is 0 Å². The normalized spacial score (nSPS) is 14.7. The van der Waals surface area contributed by atoms with Crippen molar-refractivity contribution >= 4 is 49.5 Å². The number of benzene rings is 10. The molecule has 0 saturated heterocycles. The third-order valence-corrected chi connectivity index (χ3v) is 13.4. The molecule has 0 saturated carbocycles. The molecule has 0 radical (unpaired) electrons. The minimum absolute atomic E-state index is 0.0132. The summed E-state index contributed by atoms with van der Waals surface area (Å²) in [5.41, 5.74) is 16.8. The molecule has 0 amide bonds. The van der Waals surface area contributed by atoms with Gasteiger partial charge in [-0.1, -0.05) is 212 Å². The van der Waals surface area contributed by atoms with E-state index in [0.29, 0.717) is 0 Å². The van der Waals surface area contributed by atoms with Crippen LogP contribution in [-0.4, -0.2) is 10.6 Å².